The van der Waals surface area contributed by atoms with Gasteiger partial charge in [-0.3, -0.25) is 9.59 Å². The first-order chi connectivity index (χ1) is 13.9. The van der Waals surface area contributed by atoms with E-state index in [1.807, 2.05) is 0 Å². The molecule has 7 heteroatoms. The van der Waals surface area contributed by atoms with Gasteiger partial charge < -0.3 is 13.9 Å². The summed E-state index contributed by atoms with van der Waals surface area (Å²) >= 11 is 5.85. The summed E-state index contributed by atoms with van der Waals surface area (Å²) in [6, 6.07) is 11.3. The zero-order valence-electron chi connectivity index (χ0n) is 16.0. The topological polar surface area (TPSA) is 82.8 Å². The molecule has 0 spiro atoms. The van der Waals surface area contributed by atoms with Crippen LogP contribution >= 0.6 is 11.6 Å². The highest BCUT2D eigenvalue weighted by Crippen LogP contribution is 2.28. The number of halogens is 1. The number of esters is 1. The second kappa shape index (κ2) is 8.92. The van der Waals surface area contributed by atoms with E-state index in [1.54, 1.807) is 43.3 Å². The van der Waals surface area contributed by atoms with E-state index in [0.717, 1.165) is 10.9 Å². The predicted octanol–water partition coefficient (Wildman–Crippen LogP) is 4.12. The molecule has 0 bridgehead atoms. The molecule has 1 heterocycles. The lowest BCUT2D eigenvalue weighted by molar-refractivity contribution is -0.140. The Labute approximate surface area is 172 Å². The van der Waals surface area contributed by atoms with Crippen LogP contribution in [0.4, 0.5) is 0 Å². The average Bonchev–Trinajstić information content (AvgIpc) is 2.70. The molecule has 0 atom stereocenters. The average molecular weight is 415 g/mol. The van der Waals surface area contributed by atoms with Gasteiger partial charge >= 0.3 is 11.6 Å². The number of ether oxygens (including phenoxy) is 2. The number of carbonyl (C=O) groups is 2. The van der Waals surface area contributed by atoms with E-state index in [4.69, 9.17) is 25.5 Å². The van der Waals surface area contributed by atoms with Crippen LogP contribution in [0.5, 0.6) is 5.75 Å². The molecule has 0 aliphatic rings. The van der Waals surface area contributed by atoms with E-state index in [9.17, 15) is 14.4 Å². The van der Waals surface area contributed by atoms with Crippen LogP contribution in [0.2, 0.25) is 5.02 Å². The van der Waals surface area contributed by atoms with E-state index in [-0.39, 0.29) is 24.8 Å². The van der Waals surface area contributed by atoms with Gasteiger partial charge in [-0.1, -0.05) is 11.6 Å². The SMILES string of the molecule is COC(=O)CCc1cc2c(C)cc(=O)oc2cc1OCC(=O)c1ccc(Cl)cc1. The van der Waals surface area contributed by atoms with Gasteiger partial charge in [0.1, 0.15) is 11.3 Å². The third-order valence-corrected chi connectivity index (χ3v) is 4.74. The maximum absolute atomic E-state index is 12.4. The monoisotopic (exact) mass is 414 g/mol. The van der Waals surface area contributed by atoms with Crippen LogP contribution in [0.1, 0.15) is 27.9 Å². The predicted molar refractivity (Wildman–Crippen MR) is 109 cm³/mol. The molecule has 0 radical (unpaired) electrons. The second-order valence-corrected chi connectivity index (χ2v) is 6.94. The van der Waals surface area contributed by atoms with Gasteiger partial charge in [-0.05, 0) is 54.8 Å². The molecular weight excluding hydrogens is 396 g/mol. The van der Waals surface area contributed by atoms with Crippen molar-refractivity contribution in [1.82, 2.24) is 0 Å². The number of hydrogen-bond donors (Lipinski definition) is 0. The normalized spacial score (nSPS) is 10.7. The van der Waals surface area contributed by atoms with Crippen molar-refractivity contribution in [3.05, 3.63) is 74.6 Å². The lowest BCUT2D eigenvalue weighted by Crippen LogP contribution is -2.13. The van der Waals surface area contributed by atoms with Crippen molar-refractivity contribution in [1.29, 1.82) is 0 Å². The van der Waals surface area contributed by atoms with Crippen LogP contribution in [-0.2, 0) is 16.0 Å². The number of ketones is 1. The first-order valence-corrected chi connectivity index (χ1v) is 9.31. The first-order valence-electron chi connectivity index (χ1n) is 8.93. The Balaban J connectivity index is 1.90. The van der Waals surface area contributed by atoms with E-state index in [1.165, 1.54) is 13.2 Å². The Morgan fingerprint density at radius 2 is 1.83 bits per heavy atom. The molecule has 2 aromatic carbocycles. The molecule has 1 aromatic heterocycles. The zero-order chi connectivity index (χ0) is 21.0. The number of fused-ring (bicyclic) bond motifs is 1. The second-order valence-electron chi connectivity index (χ2n) is 6.50. The molecule has 6 nitrogen and oxygen atoms in total. The van der Waals surface area contributed by atoms with Crippen molar-refractivity contribution in [3.63, 3.8) is 0 Å². The molecule has 0 fully saturated rings. The van der Waals surface area contributed by atoms with Gasteiger partial charge in [0, 0.05) is 34.5 Å². The standard InChI is InChI=1S/C22H19ClO6/c1-13-9-22(26)29-20-11-19(15(10-17(13)20)5-8-21(25)27-2)28-12-18(24)14-3-6-16(23)7-4-14/h3-4,6-7,9-11H,5,8,12H2,1-2H3. The van der Waals surface area contributed by atoms with Crippen LogP contribution in [0.3, 0.4) is 0 Å². The molecule has 0 saturated heterocycles. The minimum atomic E-state index is -0.472. The number of rotatable bonds is 7. The van der Waals surface area contributed by atoms with Crippen molar-refractivity contribution >= 4 is 34.3 Å². The van der Waals surface area contributed by atoms with Gasteiger partial charge in [0.25, 0.3) is 0 Å². The lowest BCUT2D eigenvalue weighted by atomic mass is 10.0. The first kappa shape index (κ1) is 20.6. The van der Waals surface area contributed by atoms with E-state index in [2.05, 4.69) is 0 Å². The van der Waals surface area contributed by atoms with Crippen molar-refractivity contribution in [2.75, 3.05) is 13.7 Å². The highest BCUT2D eigenvalue weighted by molar-refractivity contribution is 6.30. The summed E-state index contributed by atoms with van der Waals surface area (Å²) in [6.07, 6.45) is 0.505. The molecule has 0 aliphatic heterocycles. The number of methoxy groups -OCH3 is 1. The molecule has 0 unspecified atom stereocenters. The van der Waals surface area contributed by atoms with Crippen LogP contribution in [0.15, 0.2) is 51.7 Å². The maximum atomic E-state index is 12.4. The molecule has 3 aromatic rings. The molecule has 0 N–H and O–H groups in total. The van der Waals surface area contributed by atoms with Gasteiger partial charge in [-0.15, -0.1) is 0 Å². The van der Waals surface area contributed by atoms with E-state index < -0.39 is 5.63 Å². The van der Waals surface area contributed by atoms with Crippen LogP contribution in [-0.4, -0.2) is 25.5 Å². The molecule has 0 saturated carbocycles. The summed E-state index contributed by atoms with van der Waals surface area (Å²) in [5.74, 6) is -0.214. The molecular formula is C22H19ClO6. The smallest absolute Gasteiger partial charge is 0.336 e. The fraction of sp³-hybridized carbons (Fsp3) is 0.227. The highest BCUT2D eigenvalue weighted by atomic mass is 35.5. The van der Waals surface area contributed by atoms with Gasteiger partial charge in [0.05, 0.1) is 7.11 Å². The maximum Gasteiger partial charge on any atom is 0.336 e. The van der Waals surface area contributed by atoms with E-state index in [0.29, 0.717) is 33.9 Å². The molecule has 29 heavy (non-hydrogen) atoms. The third kappa shape index (κ3) is 5.03. The van der Waals surface area contributed by atoms with Crippen molar-refractivity contribution < 1.29 is 23.5 Å². The molecule has 0 aliphatic carbocycles. The van der Waals surface area contributed by atoms with Crippen molar-refractivity contribution in [2.45, 2.75) is 19.8 Å². The highest BCUT2D eigenvalue weighted by Gasteiger charge is 2.14. The summed E-state index contributed by atoms with van der Waals surface area (Å²) in [5.41, 5.74) is 1.81. The fourth-order valence-corrected chi connectivity index (χ4v) is 3.05. The van der Waals surface area contributed by atoms with Crippen LogP contribution in [0.25, 0.3) is 11.0 Å². The van der Waals surface area contributed by atoms with Gasteiger partial charge in [0.2, 0.25) is 0 Å². The minimum Gasteiger partial charge on any atom is -0.485 e. The summed E-state index contributed by atoms with van der Waals surface area (Å²) < 4.78 is 15.7. The zero-order valence-corrected chi connectivity index (χ0v) is 16.7. The minimum absolute atomic E-state index is 0.152. The number of aryl methyl sites for hydroxylation is 2. The van der Waals surface area contributed by atoms with Gasteiger partial charge in [-0.2, -0.15) is 0 Å². The lowest BCUT2D eigenvalue weighted by Gasteiger charge is -2.13. The summed E-state index contributed by atoms with van der Waals surface area (Å²) in [4.78, 5) is 35.7. The summed E-state index contributed by atoms with van der Waals surface area (Å²) in [7, 11) is 1.32. The van der Waals surface area contributed by atoms with Gasteiger partial charge in [-0.25, -0.2) is 4.79 Å². The van der Waals surface area contributed by atoms with Gasteiger partial charge in [0.15, 0.2) is 12.4 Å². The molecule has 3 rings (SSSR count). The van der Waals surface area contributed by atoms with E-state index >= 15 is 0 Å². The Kier molecular flexibility index (Phi) is 6.34. The fourth-order valence-electron chi connectivity index (χ4n) is 2.92. The third-order valence-electron chi connectivity index (χ3n) is 4.48. The summed E-state index contributed by atoms with van der Waals surface area (Å²) in [5, 5.41) is 1.27. The molecule has 0 amide bonds. The van der Waals surface area contributed by atoms with Crippen molar-refractivity contribution in [3.8, 4) is 5.75 Å². The number of benzene rings is 2. The number of hydrogen-bond acceptors (Lipinski definition) is 6. The Morgan fingerprint density at radius 1 is 1.10 bits per heavy atom. The number of Topliss-reactive ketones (excluding diaryl/α,β-unsaturated/α-hetero) is 1. The summed E-state index contributed by atoms with van der Waals surface area (Å²) in [6.45, 7) is 1.59. The molecule has 150 valence electrons. The Bertz CT molecular complexity index is 1110. The van der Waals surface area contributed by atoms with Crippen LogP contribution in [0, 0.1) is 6.92 Å². The Morgan fingerprint density at radius 3 is 2.52 bits per heavy atom. The van der Waals surface area contributed by atoms with Crippen molar-refractivity contribution in [2.24, 2.45) is 0 Å². The number of carbonyl (C=O) groups excluding carboxylic acids is 2. The van der Waals surface area contributed by atoms with Crippen LogP contribution < -0.4 is 10.4 Å². The Hall–Kier alpha value is -3.12. The largest absolute Gasteiger partial charge is 0.485 e. The quantitative estimate of drug-likeness (QED) is 0.328.